The number of amides is 1. The van der Waals surface area contributed by atoms with Gasteiger partial charge in [-0.3, -0.25) is 9.52 Å². The summed E-state index contributed by atoms with van der Waals surface area (Å²) < 4.78 is 27.8. The molecule has 5 nitrogen and oxygen atoms in total. The maximum atomic E-state index is 12.4. The lowest BCUT2D eigenvalue weighted by molar-refractivity contribution is -0.117. The summed E-state index contributed by atoms with van der Waals surface area (Å²) in [6.07, 6.45) is 1.13. The molecule has 0 aliphatic carbocycles. The quantitative estimate of drug-likeness (QED) is 0.901. The second-order valence-corrected chi connectivity index (χ2v) is 8.42. The molecule has 0 atom stereocenters. The van der Waals surface area contributed by atoms with E-state index in [2.05, 4.69) is 4.72 Å². The van der Waals surface area contributed by atoms with Crippen LogP contribution in [0.2, 0.25) is 0 Å². The molecule has 1 aliphatic rings. The molecule has 2 heterocycles. The third-order valence-electron chi connectivity index (χ3n) is 3.83. The summed E-state index contributed by atoms with van der Waals surface area (Å²) in [5, 5.41) is 0. The highest BCUT2D eigenvalue weighted by atomic mass is 32.2. The predicted molar refractivity (Wildman–Crippen MR) is 92.7 cm³/mol. The molecule has 0 saturated heterocycles. The molecule has 7 heteroatoms. The molecule has 0 radical (unpaired) electrons. The van der Waals surface area contributed by atoms with Crippen molar-refractivity contribution in [3.05, 3.63) is 40.8 Å². The van der Waals surface area contributed by atoms with E-state index in [9.17, 15) is 13.2 Å². The molecule has 1 aliphatic heterocycles. The predicted octanol–water partition coefficient (Wildman–Crippen LogP) is 3.02. The van der Waals surface area contributed by atoms with E-state index in [-0.39, 0.29) is 5.91 Å². The van der Waals surface area contributed by atoms with E-state index in [1.165, 1.54) is 11.3 Å². The zero-order valence-electron chi connectivity index (χ0n) is 13.0. The van der Waals surface area contributed by atoms with Crippen LogP contribution in [-0.4, -0.2) is 20.9 Å². The van der Waals surface area contributed by atoms with Gasteiger partial charge in [0.15, 0.2) is 0 Å². The second kappa shape index (κ2) is 5.98. The summed E-state index contributed by atoms with van der Waals surface area (Å²) in [4.78, 5) is 14.6. The van der Waals surface area contributed by atoms with Crippen molar-refractivity contribution in [3.63, 3.8) is 0 Å². The first kappa shape index (κ1) is 16.0. The Labute approximate surface area is 140 Å². The van der Waals surface area contributed by atoms with Gasteiger partial charge >= 0.3 is 0 Å². The number of rotatable bonds is 5. The van der Waals surface area contributed by atoms with E-state index in [4.69, 9.17) is 0 Å². The molecule has 122 valence electrons. The van der Waals surface area contributed by atoms with Crippen LogP contribution in [0.4, 0.5) is 11.4 Å². The van der Waals surface area contributed by atoms with Gasteiger partial charge in [-0.05, 0) is 49.2 Å². The van der Waals surface area contributed by atoms with Crippen LogP contribution in [0.25, 0.3) is 0 Å². The lowest BCUT2D eigenvalue weighted by Gasteiger charge is -2.15. The van der Waals surface area contributed by atoms with Crippen molar-refractivity contribution in [2.45, 2.75) is 30.9 Å². The topological polar surface area (TPSA) is 66.5 Å². The van der Waals surface area contributed by atoms with Crippen molar-refractivity contribution in [3.8, 4) is 0 Å². The number of likely N-dealkylation sites (N-methyl/N-ethyl adjacent to an activating group) is 1. The van der Waals surface area contributed by atoms with Crippen LogP contribution in [0.3, 0.4) is 0 Å². The minimum Gasteiger partial charge on any atom is -0.312 e. The second-order valence-electron chi connectivity index (χ2n) is 5.34. The van der Waals surface area contributed by atoms with Gasteiger partial charge in [0.25, 0.3) is 10.0 Å². The number of thiophene rings is 1. The van der Waals surface area contributed by atoms with Crippen molar-refractivity contribution < 1.29 is 13.2 Å². The normalized spacial score (nSPS) is 14.2. The molecule has 3 rings (SSSR count). The van der Waals surface area contributed by atoms with Gasteiger partial charge in [-0.2, -0.15) is 0 Å². The maximum Gasteiger partial charge on any atom is 0.271 e. The number of benzene rings is 1. The highest BCUT2D eigenvalue weighted by Gasteiger charge is 2.26. The first-order valence-corrected chi connectivity index (χ1v) is 9.79. The number of nitrogens with zero attached hydrogens (tertiary/aromatic N) is 1. The van der Waals surface area contributed by atoms with Crippen LogP contribution in [0, 0.1) is 0 Å². The maximum absolute atomic E-state index is 12.4. The molecular weight excluding hydrogens is 332 g/mol. The number of anilines is 2. The number of hydrogen-bond donors (Lipinski definition) is 1. The van der Waals surface area contributed by atoms with Crippen molar-refractivity contribution in [1.82, 2.24) is 0 Å². The highest BCUT2D eigenvalue weighted by molar-refractivity contribution is 7.94. The molecule has 0 fully saturated rings. The van der Waals surface area contributed by atoms with Gasteiger partial charge in [-0.25, -0.2) is 8.42 Å². The lowest BCUT2D eigenvalue weighted by atomic mass is 10.1. The lowest BCUT2D eigenvalue weighted by Crippen LogP contribution is -2.25. The number of sulfonamides is 1. The molecular formula is C16H18N2O3S2. The van der Waals surface area contributed by atoms with Crippen molar-refractivity contribution in [1.29, 1.82) is 0 Å². The van der Waals surface area contributed by atoms with Gasteiger partial charge in [-0.1, -0.05) is 6.92 Å². The molecule has 0 unspecified atom stereocenters. The molecule has 2 aromatic rings. The first-order valence-electron chi connectivity index (χ1n) is 7.49. The molecule has 0 saturated carbocycles. The summed E-state index contributed by atoms with van der Waals surface area (Å²) in [6.45, 7) is 4.53. The Morgan fingerprint density at radius 1 is 1.22 bits per heavy atom. The Morgan fingerprint density at radius 2 is 2.00 bits per heavy atom. The van der Waals surface area contributed by atoms with Crippen LogP contribution in [-0.2, 0) is 27.7 Å². The minimum absolute atomic E-state index is 0.0494. The summed E-state index contributed by atoms with van der Waals surface area (Å²) in [6, 6.07) is 8.70. The smallest absolute Gasteiger partial charge is 0.271 e. The van der Waals surface area contributed by atoms with Crippen LogP contribution in [0.15, 0.2) is 34.5 Å². The third kappa shape index (κ3) is 2.98. The Hall–Kier alpha value is -1.86. The first-order chi connectivity index (χ1) is 10.9. The van der Waals surface area contributed by atoms with E-state index < -0.39 is 10.0 Å². The van der Waals surface area contributed by atoms with Crippen LogP contribution >= 0.6 is 11.3 Å². The fourth-order valence-corrected chi connectivity index (χ4v) is 5.04. The number of nitrogens with one attached hydrogen (secondary N) is 1. The van der Waals surface area contributed by atoms with E-state index in [1.54, 1.807) is 29.2 Å². The summed E-state index contributed by atoms with van der Waals surface area (Å²) >= 11 is 1.28. The Bertz CT molecular complexity index is 856. The molecule has 23 heavy (non-hydrogen) atoms. The molecule has 1 aromatic carbocycles. The third-order valence-corrected chi connectivity index (χ3v) is 6.93. The number of carbonyl (C=O) groups is 1. The van der Waals surface area contributed by atoms with E-state index in [0.717, 1.165) is 22.5 Å². The molecule has 0 spiro atoms. The average molecular weight is 350 g/mol. The standard InChI is InChI=1S/C16H18N2O3S2/c1-3-13-6-8-16(22-13)23(20,21)17-12-5-7-14-11(9-12)10-15(19)18(14)4-2/h5-9,17H,3-4,10H2,1-2H3. The Morgan fingerprint density at radius 3 is 2.65 bits per heavy atom. The largest absolute Gasteiger partial charge is 0.312 e. The number of carbonyl (C=O) groups excluding carboxylic acids is 1. The number of aryl methyl sites for hydroxylation is 1. The van der Waals surface area contributed by atoms with Crippen molar-refractivity contribution in [2.24, 2.45) is 0 Å². The molecule has 1 amide bonds. The van der Waals surface area contributed by atoms with Crippen molar-refractivity contribution in [2.75, 3.05) is 16.2 Å². The monoisotopic (exact) mass is 350 g/mol. The van der Waals surface area contributed by atoms with Gasteiger partial charge in [0.1, 0.15) is 4.21 Å². The van der Waals surface area contributed by atoms with Gasteiger partial charge in [0.2, 0.25) is 5.91 Å². The number of hydrogen-bond acceptors (Lipinski definition) is 4. The van der Waals surface area contributed by atoms with Crippen LogP contribution < -0.4 is 9.62 Å². The van der Waals surface area contributed by atoms with Crippen molar-refractivity contribution >= 4 is 38.6 Å². The Kier molecular flexibility index (Phi) is 4.16. The summed E-state index contributed by atoms with van der Waals surface area (Å²) in [7, 11) is -3.58. The molecule has 1 N–H and O–H groups in total. The summed E-state index contributed by atoms with van der Waals surface area (Å²) in [5.41, 5.74) is 2.21. The fraction of sp³-hybridized carbons (Fsp3) is 0.312. The van der Waals surface area contributed by atoms with Gasteiger partial charge in [0, 0.05) is 22.8 Å². The molecule has 0 bridgehead atoms. The van der Waals surface area contributed by atoms with Gasteiger partial charge in [0.05, 0.1) is 6.42 Å². The highest BCUT2D eigenvalue weighted by Crippen LogP contribution is 2.32. The number of fused-ring (bicyclic) bond motifs is 1. The van der Waals surface area contributed by atoms with Crippen LogP contribution in [0.1, 0.15) is 24.3 Å². The zero-order chi connectivity index (χ0) is 16.6. The summed E-state index contributed by atoms with van der Waals surface area (Å²) in [5.74, 6) is 0.0494. The van der Waals surface area contributed by atoms with E-state index >= 15 is 0 Å². The average Bonchev–Trinajstić information content (AvgIpc) is 3.10. The minimum atomic E-state index is -3.58. The van der Waals surface area contributed by atoms with E-state index in [1.807, 2.05) is 19.9 Å². The van der Waals surface area contributed by atoms with Gasteiger partial charge in [-0.15, -0.1) is 11.3 Å². The van der Waals surface area contributed by atoms with Crippen LogP contribution in [0.5, 0.6) is 0 Å². The Balaban J connectivity index is 1.87. The van der Waals surface area contributed by atoms with Gasteiger partial charge < -0.3 is 4.90 Å². The SMILES string of the molecule is CCc1ccc(S(=O)(=O)Nc2ccc3c(c2)CC(=O)N3CC)s1. The van der Waals surface area contributed by atoms with E-state index in [0.29, 0.717) is 22.9 Å². The fourth-order valence-electron chi connectivity index (χ4n) is 2.69. The molecule has 1 aromatic heterocycles. The zero-order valence-corrected chi connectivity index (χ0v) is 14.6.